The van der Waals surface area contributed by atoms with E-state index in [0.717, 1.165) is 24.3 Å². The van der Waals surface area contributed by atoms with Crippen molar-refractivity contribution in [2.24, 2.45) is 5.41 Å². The Kier molecular flexibility index (Phi) is 3.06. The maximum atomic E-state index is 9.00. The quantitative estimate of drug-likeness (QED) is 0.666. The summed E-state index contributed by atoms with van der Waals surface area (Å²) >= 11 is 0. The zero-order valence-electron chi connectivity index (χ0n) is 9.79. The van der Waals surface area contributed by atoms with Gasteiger partial charge in [-0.2, -0.15) is 0 Å². The zero-order chi connectivity index (χ0) is 11.6. The molecule has 0 spiro atoms. The van der Waals surface area contributed by atoms with E-state index in [-0.39, 0.29) is 6.61 Å². The Hall–Kier alpha value is -1.22. The largest absolute Gasteiger partial charge is 0.397 e. The SMILES string of the molecule is Cc1cccc(N)c1NCC1(CCO)CC1. The molecule has 0 bridgehead atoms. The highest BCUT2D eigenvalue weighted by molar-refractivity contribution is 5.69. The molecule has 0 saturated heterocycles. The van der Waals surface area contributed by atoms with Crippen LogP contribution in [0, 0.1) is 12.3 Å². The van der Waals surface area contributed by atoms with E-state index in [0.29, 0.717) is 5.41 Å². The van der Waals surface area contributed by atoms with Crippen LogP contribution in [-0.2, 0) is 0 Å². The summed E-state index contributed by atoms with van der Waals surface area (Å²) in [5, 5.41) is 12.4. The van der Waals surface area contributed by atoms with Crippen molar-refractivity contribution in [1.29, 1.82) is 0 Å². The molecule has 0 aliphatic heterocycles. The van der Waals surface area contributed by atoms with E-state index in [4.69, 9.17) is 10.8 Å². The molecule has 1 aromatic rings. The van der Waals surface area contributed by atoms with Crippen molar-refractivity contribution in [2.75, 3.05) is 24.2 Å². The first-order valence-corrected chi connectivity index (χ1v) is 5.87. The minimum absolute atomic E-state index is 0.283. The van der Waals surface area contributed by atoms with Gasteiger partial charge < -0.3 is 16.2 Å². The van der Waals surface area contributed by atoms with Crippen molar-refractivity contribution in [1.82, 2.24) is 0 Å². The van der Waals surface area contributed by atoms with E-state index in [1.807, 2.05) is 12.1 Å². The summed E-state index contributed by atoms with van der Waals surface area (Å²) in [5.41, 5.74) is 9.29. The summed E-state index contributed by atoms with van der Waals surface area (Å²) in [5.74, 6) is 0. The van der Waals surface area contributed by atoms with Crippen molar-refractivity contribution < 1.29 is 5.11 Å². The summed E-state index contributed by atoms with van der Waals surface area (Å²) in [6.07, 6.45) is 3.32. The maximum Gasteiger partial charge on any atom is 0.0603 e. The second-order valence-electron chi connectivity index (χ2n) is 4.87. The molecule has 0 atom stereocenters. The average Bonchev–Trinajstić information content (AvgIpc) is 2.98. The van der Waals surface area contributed by atoms with E-state index in [1.165, 1.54) is 18.4 Å². The highest BCUT2D eigenvalue weighted by Crippen LogP contribution is 2.48. The van der Waals surface area contributed by atoms with E-state index in [9.17, 15) is 0 Å². The molecule has 1 saturated carbocycles. The number of para-hydroxylation sites is 1. The van der Waals surface area contributed by atoms with E-state index in [1.54, 1.807) is 0 Å². The summed E-state index contributed by atoms with van der Waals surface area (Å²) < 4.78 is 0. The van der Waals surface area contributed by atoms with Crippen LogP contribution in [0.25, 0.3) is 0 Å². The zero-order valence-corrected chi connectivity index (χ0v) is 9.79. The Labute approximate surface area is 96.7 Å². The second kappa shape index (κ2) is 4.34. The van der Waals surface area contributed by atoms with Gasteiger partial charge in [0.15, 0.2) is 0 Å². The van der Waals surface area contributed by atoms with Crippen LogP contribution >= 0.6 is 0 Å². The van der Waals surface area contributed by atoms with Crippen LogP contribution in [-0.4, -0.2) is 18.3 Å². The van der Waals surface area contributed by atoms with E-state index in [2.05, 4.69) is 18.3 Å². The number of nitrogens with one attached hydrogen (secondary N) is 1. The number of aliphatic hydroxyl groups is 1. The third-order valence-electron chi connectivity index (χ3n) is 3.54. The number of anilines is 2. The number of nitrogens with two attached hydrogens (primary N) is 1. The van der Waals surface area contributed by atoms with Gasteiger partial charge in [0, 0.05) is 13.2 Å². The van der Waals surface area contributed by atoms with E-state index < -0.39 is 0 Å². The van der Waals surface area contributed by atoms with Gasteiger partial charge in [-0.3, -0.25) is 0 Å². The normalized spacial score (nSPS) is 17.1. The number of hydrogen-bond donors (Lipinski definition) is 3. The van der Waals surface area contributed by atoms with Gasteiger partial charge in [-0.15, -0.1) is 0 Å². The number of rotatable bonds is 5. The van der Waals surface area contributed by atoms with Gasteiger partial charge in [0.05, 0.1) is 11.4 Å². The van der Waals surface area contributed by atoms with Gasteiger partial charge >= 0.3 is 0 Å². The summed E-state index contributed by atoms with van der Waals surface area (Å²) in [7, 11) is 0. The summed E-state index contributed by atoms with van der Waals surface area (Å²) in [6, 6.07) is 5.95. The van der Waals surface area contributed by atoms with Crippen molar-refractivity contribution in [3.05, 3.63) is 23.8 Å². The number of hydrogen-bond acceptors (Lipinski definition) is 3. The first-order valence-electron chi connectivity index (χ1n) is 5.87. The molecule has 16 heavy (non-hydrogen) atoms. The van der Waals surface area contributed by atoms with Crippen LogP contribution < -0.4 is 11.1 Å². The van der Waals surface area contributed by atoms with Gasteiger partial charge in [0.2, 0.25) is 0 Å². The molecule has 0 radical (unpaired) electrons. The Balaban J connectivity index is 2.00. The minimum Gasteiger partial charge on any atom is -0.397 e. The lowest BCUT2D eigenvalue weighted by atomic mass is 10.0. The first-order chi connectivity index (χ1) is 7.67. The van der Waals surface area contributed by atoms with E-state index >= 15 is 0 Å². The molecule has 1 aliphatic rings. The Morgan fingerprint density at radius 1 is 1.44 bits per heavy atom. The van der Waals surface area contributed by atoms with Crippen molar-refractivity contribution in [3.63, 3.8) is 0 Å². The topological polar surface area (TPSA) is 58.3 Å². The molecule has 3 heteroatoms. The monoisotopic (exact) mass is 220 g/mol. The first kappa shape index (κ1) is 11.3. The minimum atomic E-state index is 0.283. The highest BCUT2D eigenvalue weighted by atomic mass is 16.3. The van der Waals surface area contributed by atoms with Gasteiger partial charge in [0.1, 0.15) is 0 Å². The summed E-state index contributed by atoms with van der Waals surface area (Å²) in [4.78, 5) is 0. The van der Waals surface area contributed by atoms with Crippen LogP contribution in [0.1, 0.15) is 24.8 Å². The molecule has 1 aromatic carbocycles. The molecule has 88 valence electrons. The fraction of sp³-hybridized carbons (Fsp3) is 0.538. The van der Waals surface area contributed by atoms with Gasteiger partial charge in [-0.25, -0.2) is 0 Å². The Bertz CT molecular complexity index is 352. The number of aryl methyl sites for hydroxylation is 1. The van der Waals surface area contributed by atoms with Gasteiger partial charge in [0.25, 0.3) is 0 Å². The molecular weight excluding hydrogens is 200 g/mol. The highest BCUT2D eigenvalue weighted by Gasteiger charge is 2.41. The van der Waals surface area contributed by atoms with Crippen LogP contribution in [0.15, 0.2) is 18.2 Å². The smallest absolute Gasteiger partial charge is 0.0603 e. The van der Waals surface area contributed by atoms with Crippen LogP contribution in [0.3, 0.4) is 0 Å². The standard InChI is InChI=1S/C13H20N2O/c1-10-3-2-4-11(14)12(10)15-9-13(5-6-13)7-8-16/h2-4,15-16H,5-9,14H2,1H3. The molecule has 1 aliphatic carbocycles. The fourth-order valence-electron chi connectivity index (χ4n) is 2.14. The third-order valence-corrected chi connectivity index (χ3v) is 3.54. The molecule has 3 nitrogen and oxygen atoms in total. The fourth-order valence-corrected chi connectivity index (χ4v) is 2.14. The van der Waals surface area contributed by atoms with Crippen LogP contribution in [0.4, 0.5) is 11.4 Å². The molecular formula is C13H20N2O. The lowest BCUT2D eigenvalue weighted by Crippen LogP contribution is -2.18. The predicted molar refractivity (Wildman–Crippen MR) is 67.5 cm³/mol. The predicted octanol–water partition coefficient (Wildman–Crippen LogP) is 2.15. The molecule has 2 rings (SSSR count). The van der Waals surface area contributed by atoms with Gasteiger partial charge in [-0.1, -0.05) is 12.1 Å². The van der Waals surface area contributed by atoms with Crippen LogP contribution in [0.5, 0.6) is 0 Å². The number of aliphatic hydroxyl groups excluding tert-OH is 1. The second-order valence-corrected chi connectivity index (χ2v) is 4.87. The lowest BCUT2D eigenvalue weighted by molar-refractivity contribution is 0.253. The molecule has 1 fully saturated rings. The molecule has 0 heterocycles. The van der Waals surface area contributed by atoms with Crippen molar-refractivity contribution in [2.45, 2.75) is 26.2 Å². The molecule has 0 amide bonds. The molecule has 4 N–H and O–H groups in total. The molecule has 0 unspecified atom stereocenters. The summed E-state index contributed by atoms with van der Waals surface area (Å²) in [6.45, 7) is 3.26. The average molecular weight is 220 g/mol. The molecule has 0 aromatic heterocycles. The lowest BCUT2D eigenvalue weighted by Gasteiger charge is -2.18. The van der Waals surface area contributed by atoms with Crippen molar-refractivity contribution in [3.8, 4) is 0 Å². The maximum absolute atomic E-state index is 9.00. The Morgan fingerprint density at radius 2 is 2.19 bits per heavy atom. The van der Waals surface area contributed by atoms with Gasteiger partial charge in [-0.05, 0) is 43.2 Å². The number of nitrogen functional groups attached to an aromatic ring is 1. The Morgan fingerprint density at radius 3 is 2.75 bits per heavy atom. The van der Waals surface area contributed by atoms with Crippen molar-refractivity contribution >= 4 is 11.4 Å². The van der Waals surface area contributed by atoms with Crippen LogP contribution in [0.2, 0.25) is 0 Å². The third kappa shape index (κ3) is 2.30. The number of benzene rings is 1.